The van der Waals surface area contributed by atoms with Crippen molar-refractivity contribution < 1.29 is 18.0 Å². The monoisotopic (exact) mass is 495 g/mol. The van der Waals surface area contributed by atoms with Crippen LogP contribution in [0, 0.1) is 6.92 Å². The molecule has 1 atom stereocenters. The van der Waals surface area contributed by atoms with Crippen molar-refractivity contribution in [3.05, 3.63) is 64.1 Å². The molecule has 0 radical (unpaired) electrons. The minimum atomic E-state index is -3.71. The predicted octanol–water partition coefficient (Wildman–Crippen LogP) is 2.69. The van der Waals surface area contributed by atoms with E-state index in [0.717, 1.165) is 26.2 Å². The standard InChI is InChI=1S/C21H26BrN3O4S/c1-15-6-5-7-19(12-15)25(30(4,28)29)14-20(26)24(16(2)21(27)23-3)13-17-8-10-18(22)11-9-17/h5-12,16H,13-14H2,1-4H3,(H,23,27)/t16-/m0/s1. The Morgan fingerprint density at radius 3 is 2.30 bits per heavy atom. The van der Waals surface area contributed by atoms with E-state index in [0.29, 0.717) is 5.69 Å². The lowest BCUT2D eigenvalue weighted by molar-refractivity contribution is -0.139. The van der Waals surface area contributed by atoms with Crippen molar-refractivity contribution in [1.29, 1.82) is 0 Å². The zero-order valence-electron chi connectivity index (χ0n) is 17.4. The number of aryl methyl sites for hydroxylation is 1. The number of nitrogens with one attached hydrogen (secondary N) is 1. The minimum absolute atomic E-state index is 0.173. The number of hydrogen-bond acceptors (Lipinski definition) is 4. The van der Waals surface area contributed by atoms with Crippen LogP contribution in [0.5, 0.6) is 0 Å². The van der Waals surface area contributed by atoms with E-state index in [1.807, 2.05) is 37.3 Å². The summed E-state index contributed by atoms with van der Waals surface area (Å²) in [6.07, 6.45) is 1.06. The Hall–Kier alpha value is -2.39. The highest BCUT2D eigenvalue weighted by molar-refractivity contribution is 9.10. The molecule has 0 saturated heterocycles. The number of likely N-dealkylation sites (N-methyl/N-ethyl adjacent to an activating group) is 1. The Morgan fingerprint density at radius 1 is 1.13 bits per heavy atom. The van der Waals surface area contributed by atoms with Gasteiger partial charge in [-0.25, -0.2) is 8.42 Å². The van der Waals surface area contributed by atoms with E-state index in [9.17, 15) is 18.0 Å². The first-order valence-corrected chi connectivity index (χ1v) is 12.0. The number of hydrogen-bond donors (Lipinski definition) is 1. The van der Waals surface area contributed by atoms with Crippen LogP contribution in [-0.2, 0) is 26.2 Å². The largest absolute Gasteiger partial charge is 0.357 e. The van der Waals surface area contributed by atoms with Crippen LogP contribution in [0.1, 0.15) is 18.1 Å². The summed E-state index contributed by atoms with van der Waals surface area (Å²) in [4.78, 5) is 26.9. The summed E-state index contributed by atoms with van der Waals surface area (Å²) in [7, 11) is -2.22. The molecule has 7 nitrogen and oxygen atoms in total. The third-order valence-electron chi connectivity index (χ3n) is 4.65. The molecule has 0 saturated carbocycles. The Balaban J connectivity index is 2.36. The molecule has 0 aliphatic heterocycles. The normalized spacial score (nSPS) is 12.2. The smallest absolute Gasteiger partial charge is 0.244 e. The Morgan fingerprint density at radius 2 is 1.77 bits per heavy atom. The van der Waals surface area contributed by atoms with Crippen molar-refractivity contribution in [3.8, 4) is 0 Å². The fraction of sp³-hybridized carbons (Fsp3) is 0.333. The van der Waals surface area contributed by atoms with E-state index in [1.54, 1.807) is 25.1 Å². The molecule has 0 aliphatic carbocycles. The first-order valence-electron chi connectivity index (χ1n) is 9.33. The molecule has 1 N–H and O–H groups in total. The lowest BCUT2D eigenvalue weighted by atomic mass is 10.1. The van der Waals surface area contributed by atoms with Crippen LogP contribution >= 0.6 is 15.9 Å². The van der Waals surface area contributed by atoms with Gasteiger partial charge >= 0.3 is 0 Å². The highest BCUT2D eigenvalue weighted by Gasteiger charge is 2.29. The summed E-state index contributed by atoms with van der Waals surface area (Å²) >= 11 is 3.37. The van der Waals surface area contributed by atoms with Crippen molar-refractivity contribution in [1.82, 2.24) is 10.2 Å². The number of amides is 2. The van der Waals surface area contributed by atoms with Crippen LogP contribution in [0.4, 0.5) is 5.69 Å². The van der Waals surface area contributed by atoms with E-state index in [1.165, 1.54) is 11.9 Å². The van der Waals surface area contributed by atoms with Crippen molar-refractivity contribution in [2.24, 2.45) is 0 Å². The zero-order chi connectivity index (χ0) is 22.5. The molecule has 0 aliphatic rings. The van der Waals surface area contributed by atoms with Gasteiger partial charge in [0.05, 0.1) is 11.9 Å². The number of carbonyl (C=O) groups excluding carboxylic acids is 2. The predicted molar refractivity (Wildman–Crippen MR) is 122 cm³/mol. The summed E-state index contributed by atoms with van der Waals surface area (Å²) in [6, 6.07) is 13.5. The Kier molecular flexibility index (Phi) is 8.03. The topological polar surface area (TPSA) is 86.8 Å². The first-order chi connectivity index (χ1) is 14.0. The van der Waals surface area contributed by atoms with E-state index in [-0.39, 0.29) is 12.5 Å². The number of benzene rings is 2. The van der Waals surface area contributed by atoms with E-state index in [4.69, 9.17) is 0 Å². The molecule has 30 heavy (non-hydrogen) atoms. The van der Waals surface area contributed by atoms with Crippen LogP contribution < -0.4 is 9.62 Å². The average molecular weight is 496 g/mol. The highest BCUT2D eigenvalue weighted by Crippen LogP contribution is 2.20. The SMILES string of the molecule is CNC(=O)[C@H](C)N(Cc1ccc(Br)cc1)C(=O)CN(c1cccc(C)c1)S(C)(=O)=O. The fourth-order valence-electron chi connectivity index (χ4n) is 2.97. The summed E-state index contributed by atoms with van der Waals surface area (Å²) in [5.41, 5.74) is 2.10. The van der Waals surface area contributed by atoms with Crippen LogP contribution in [0.25, 0.3) is 0 Å². The second-order valence-corrected chi connectivity index (χ2v) is 9.87. The Labute approximate surface area is 186 Å². The van der Waals surface area contributed by atoms with Gasteiger partial charge in [-0.2, -0.15) is 0 Å². The van der Waals surface area contributed by atoms with Gasteiger partial charge in [0.15, 0.2) is 0 Å². The fourth-order valence-corrected chi connectivity index (χ4v) is 4.08. The van der Waals surface area contributed by atoms with Gasteiger partial charge in [-0.3, -0.25) is 13.9 Å². The number of sulfonamides is 1. The van der Waals surface area contributed by atoms with Gasteiger partial charge in [-0.05, 0) is 49.2 Å². The van der Waals surface area contributed by atoms with Gasteiger partial charge in [-0.15, -0.1) is 0 Å². The number of halogens is 1. The van der Waals surface area contributed by atoms with Crippen molar-refractivity contribution >= 4 is 43.5 Å². The molecule has 0 bridgehead atoms. The molecule has 0 unspecified atom stereocenters. The minimum Gasteiger partial charge on any atom is -0.357 e. The number of anilines is 1. The second kappa shape index (κ2) is 10.1. The van der Waals surface area contributed by atoms with Crippen LogP contribution in [0.2, 0.25) is 0 Å². The lowest BCUT2D eigenvalue weighted by Gasteiger charge is -2.31. The van der Waals surface area contributed by atoms with Gasteiger partial charge in [0, 0.05) is 18.1 Å². The number of nitrogens with zero attached hydrogens (tertiary/aromatic N) is 2. The Bertz CT molecular complexity index is 1010. The molecular weight excluding hydrogens is 470 g/mol. The summed E-state index contributed by atoms with van der Waals surface area (Å²) in [6.45, 7) is 3.23. The molecule has 0 fully saturated rings. The third-order valence-corrected chi connectivity index (χ3v) is 6.32. The maximum atomic E-state index is 13.2. The van der Waals surface area contributed by atoms with Gasteiger partial charge in [-0.1, -0.05) is 40.2 Å². The molecule has 2 rings (SSSR count). The van der Waals surface area contributed by atoms with Crippen LogP contribution in [0.3, 0.4) is 0 Å². The molecule has 0 heterocycles. The van der Waals surface area contributed by atoms with Gasteiger partial charge < -0.3 is 10.2 Å². The lowest BCUT2D eigenvalue weighted by Crippen LogP contribution is -2.50. The van der Waals surface area contributed by atoms with Crippen LogP contribution in [0.15, 0.2) is 53.0 Å². The van der Waals surface area contributed by atoms with Gasteiger partial charge in [0.2, 0.25) is 21.8 Å². The molecule has 162 valence electrons. The first kappa shape index (κ1) is 23.9. The molecule has 0 aromatic heterocycles. The zero-order valence-corrected chi connectivity index (χ0v) is 19.8. The second-order valence-electron chi connectivity index (χ2n) is 7.05. The number of carbonyl (C=O) groups is 2. The quantitative estimate of drug-likeness (QED) is 0.609. The molecule has 0 spiro atoms. The van der Waals surface area contributed by atoms with E-state index < -0.39 is 28.5 Å². The molecule has 2 aromatic rings. The van der Waals surface area contributed by atoms with Gasteiger partial charge in [0.25, 0.3) is 0 Å². The summed E-state index contributed by atoms with van der Waals surface area (Å²) < 4.78 is 26.8. The number of rotatable bonds is 8. The van der Waals surface area contributed by atoms with Crippen molar-refractivity contribution in [2.45, 2.75) is 26.4 Å². The molecular formula is C21H26BrN3O4S. The van der Waals surface area contributed by atoms with Crippen LogP contribution in [-0.4, -0.2) is 51.0 Å². The maximum Gasteiger partial charge on any atom is 0.244 e. The summed E-state index contributed by atoms with van der Waals surface area (Å²) in [5, 5.41) is 2.55. The maximum absolute atomic E-state index is 13.2. The molecule has 2 amide bonds. The van der Waals surface area contributed by atoms with Crippen molar-refractivity contribution in [3.63, 3.8) is 0 Å². The average Bonchev–Trinajstić information content (AvgIpc) is 2.69. The molecule has 2 aromatic carbocycles. The summed E-state index contributed by atoms with van der Waals surface area (Å²) in [5.74, 6) is -0.803. The highest BCUT2D eigenvalue weighted by atomic mass is 79.9. The van der Waals surface area contributed by atoms with Crippen molar-refractivity contribution in [2.75, 3.05) is 24.2 Å². The van der Waals surface area contributed by atoms with Gasteiger partial charge in [0.1, 0.15) is 12.6 Å². The third kappa shape index (κ3) is 6.30. The van der Waals surface area contributed by atoms with E-state index >= 15 is 0 Å². The molecule has 9 heteroatoms. The van der Waals surface area contributed by atoms with E-state index in [2.05, 4.69) is 21.2 Å².